The van der Waals surface area contributed by atoms with Crippen molar-refractivity contribution in [3.63, 3.8) is 0 Å². The molecule has 0 aliphatic carbocycles. The van der Waals surface area contributed by atoms with Crippen LogP contribution < -0.4 is 11.1 Å². The number of benzene rings is 1. The molecule has 1 aromatic rings. The van der Waals surface area contributed by atoms with Gasteiger partial charge < -0.3 is 15.2 Å². The van der Waals surface area contributed by atoms with E-state index >= 15 is 0 Å². The molecule has 1 aliphatic heterocycles. The van der Waals surface area contributed by atoms with Gasteiger partial charge in [0.25, 0.3) is 5.91 Å². The molecular weight excluding hydrogens is 390 g/mol. The third-order valence-corrected chi connectivity index (χ3v) is 4.11. The highest BCUT2D eigenvalue weighted by Crippen LogP contribution is 2.15. The number of nitrogens with one attached hydrogen (secondary N) is 1. The molecule has 10 heteroatoms. The van der Waals surface area contributed by atoms with Gasteiger partial charge in [0.1, 0.15) is 18.2 Å². The van der Waals surface area contributed by atoms with Crippen molar-refractivity contribution in [1.29, 1.82) is 0 Å². The second-order valence-corrected chi connectivity index (χ2v) is 7.74. The van der Waals surface area contributed by atoms with Crippen LogP contribution in [0, 0.1) is 0 Å². The molecule has 10 nitrogen and oxygen atoms in total. The van der Waals surface area contributed by atoms with Crippen LogP contribution in [0.25, 0.3) is 0 Å². The van der Waals surface area contributed by atoms with E-state index in [0.29, 0.717) is 0 Å². The summed E-state index contributed by atoms with van der Waals surface area (Å²) in [6.07, 6.45) is -1.38. The number of nitrogens with zero attached hydrogens (tertiary/aromatic N) is 3. The third-order valence-electron chi connectivity index (χ3n) is 4.11. The van der Waals surface area contributed by atoms with Gasteiger partial charge in [-0.1, -0.05) is 30.3 Å². The van der Waals surface area contributed by atoms with Crippen LogP contribution in [0.5, 0.6) is 0 Å². The Hall–Kier alpha value is -3.14. The summed E-state index contributed by atoms with van der Waals surface area (Å²) in [6.45, 7) is 5.57. The van der Waals surface area contributed by atoms with Crippen molar-refractivity contribution in [2.45, 2.75) is 39.0 Å². The first-order valence-corrected chi connectivity index (χ1v) is 9.62. The average molecular weight is 419 g/mol. The van der Waals surface area contributed by atoms with Crippen LogP contribution in [-0.2, 0) is 20.9 Å². The Morgan fingerprint density at radius 1 is 1.30 bits per heavy atom. The van der Waals surface area contributed by atoms with Crippen LogP contribution >= 0.6 is 0 Å². The van der Waals surface area contributed by atoms with E-state index in [0.717, 1.165) is 10.5 Å². The molecule has 3 N–H and O–H groups in total. The number of amides is 3. The number of carbonyl (C=O) groups is 3. The number of likely N-dealkylation sites (N-methyl/N-ethyl adjacent to an activating group) is 1. The van der Waals surface area contributed by atoms with Crippen LogP contribution in [0.3, 0.4) is 0 Å². The van der Waals surface area contributed by atoms with Gasteiger partial charge in [0.05, 0.1) is 13.1 Å². The number of aliphatic imine (C=N–C) groups is 1. The molecule has 1 aromatic carbocycles. The summed E-state index contributed by atoms with van der Waals surface area (Å²) in [5.74, 6) is -0.441. The maximum atomic E-state index is 12.7. The number of carbonyl (C=O) groups excluding carboxylic acids is 3. The number of hydrogen-bond acceptors (Lipinski definition) is 7. The van der Waals surface area contributed by atoms with Crippen LogP contribution in [-0.4, -0.2) is 72.2 Å². The van der Waals surface area contributed by atoms with Gasteiger partial charge in [0, 0.05) is 13.6 Å². The van der Waals surface area contributed by atoms with Gasteiger partial charge >= 0.3 is 12.2 Å². The van der Waals surface area contributed by atoms with E-state index in [1.54, 1.807) is 20.8 Å². The zero-order valence-electron chi connectivity index (χ0n) is 17.8. The second-order valence-electron chi connectivity index (χ2n) is 7.74. The molecule has 1 fully saturated rings. The lowest BCUT2D eigenvalue weighted by atomic mass is 10.2. The highest BCUT2D eigenvalue weighted by atomic mass is 16.6. The minimum Gasteiger partial charge on any atom is -0.444 e. The Morgan fingerprint density at radius 3 is 2.57 bits per heavy atom. The molecule has 3 amide bonds. The molecule has 1 aliphatic rings. The minimum atomic E-state index is -0.971. The zero-order chi connectivity index (χ0) is 22.3. The van der Waals surface area contributed by atoms with Crippen LogP contribution in [0.15, 0.2) is 35.3 Å². The summed E-state index contributed by atoms with van der Waals surface area (Å²) in [5.41, 5.74) is 5.58. The summed E-state index contributed by atoms with van der Waals surface area (Å²) >= 11 is 0. The summed E-state index contributed by atoms with van der Waals surface area (Å²) in [4.78, 5) is 44.2. The van der Waals surface area contributed by atoms with Gasteiger partial charge in [-0.15, -0.1) is 0 Å². The van der Waals surface area contributed by atoms with Gasteiger partial charge in [-0.2, -0.15) is 0 Å². The number of guanidine groups is 1. The van der Waals surface area contributed by atoms with E-state index in [1.807, 2.05) is 30.3 Å². The fraction of sp³-hybridized carbons (Fsp3) is 0.500. The highest BCUT2D eigenvalue weighted by molar-refractivity contribution is 6.08. The number of rotatable bonds is 5. The molecule has 0 saturated carbocycles. The standard InChI is InChI=1S/C20H29N5O5/c1-20(2,3)30-18(27)24(4)15-12-25(17(22-11-10-21)23-16(15)26)19(28)29-13-14-8-6-5-7-9-14/h5-9,15H,10-13,21H2,1-4H3,(H,22,23,26). The molecule has 1 saturated heterocycles. The lowest BCUT2D eigenvalue weighted by molar-refractivity contribution is -0.126. The lowest BCUT2D eigenvalue weighted by Gasteiger charge is -2.37. The fourth-order valence-electron chi connectivity index (χ4n) is 2.62. The molecule has 1 unspecified atom stereocenters. The topological polar surface area (TPSA) is 127 Å². The quantitative estimate of drug-likeness (QED) is 0.741. The maximum absolute atomic E-state index is 12.7. The van der Waals surface area contributed by atoms with E-state index < -0.39 is 29.7 Å². The largest absolute Gasteiger partial charge is 0.444 e. The molecule has 0 bridgehead atoms. The van der Waals surface area contributed by atoms with Gasteiger partial charge in [-0.25, -0.2) is 14.5 Å². The number of hydrogen-bond donors (Lipinski definition) is 2. The molecule has 0 radical (unpaired) electrons. The molecule has 1 atom stereocenters. The first-order chi connectivity index (χ1) is 14.1. The van der Waals surface area contributed by atoms with E-state index in [2.05, 4.69) is 10.3 Å². The highest BCUT2D eigenvalue weighted by Gasteiger charge is 2.40. The Balaban J connectivity index is 2.15. The molecular formula is C20H29N5O5. The zero-order valence-corrected chi connectivity index (χ0v) is 17.8. The average Bonchev–Trinajstić information content (AvgIpc) is 2.69. The van der Waals surface area contributed by atoms with Crippen molar-refractivity contribution >= 4 is 24.1 Å². The van der Waals surface area contributed by atoms with E-state index in [1.165, 1.54) is 11.9 Å². The summed E-state index contributed by atoms with van der Waals surface area (Å²) < 4.78 is 10.7. The normalized spacial score (nSPS) is 18.0. The summed E-state index contributed by atoms with van der Waals surface area (Å²) in [6, 6.07) is 8.22. The summed E-state index contributed by atoms with van der Waals surface area (Å²) in [5, 5.41) is 2.56. The molecule has 0 spiro atoms. The number of nitrogens with two attached hydrogens (primary N) is 1. The van der Waals surface area contributed by atoms with Gasteiger partial charge in [0.15, 0.2) is 0 Å². The van der Waals surface area contributed by atoms with Gasteiger partial charge in [-0.3, -0.25) is 20.0 Å². The Bertz CT molecular complexity index is 791. The smallest absolute Gasteiger partial charge is 0.417 e. The molecule has 2 rings (SSSR count). The van der Waals surface area contributed by atoms with Crippen molar-refractivity contribution in [3.8, 4) is 0 Å². The van der Waals surface area contributed by atoms with Crippen LogP contribution in [0.2, 0.25) is 0 Å². The lowest BCUT2D eigenvalue weighted by Crippen LogP contribution is -2.64. The second kappa shape index (κ2) is 10.1. The molecule has 30 heavy (non-hydrogen) atoms. The third kappa shape index (κ3) is 6.45. The van der Waals surface area contributed by atoms with Gasteiger partial charge in [-0.05, 0) is 26.3 Å². The number of ether oxygens (including phenoxy) is 2. The van der Waals surface area contributed by atoms with Crippen molar-refractivity contribution < 1.29 is 23.9 Å². The maximum Gasteiger partial charge on any atom is 0.417 e. The van der Waals surface area contributed by atoms with Gasteiger partial charge in [0.2, 0.25) is 5.96 Å². The Kier molecular flexibility index (Phi) is 7.76. The first-order valence-electron chi connectivity index (χ1n) is 9.62. The van der Waals surface area contributed by atoms with Crippen molar-refractivity contribution in [2.24, 2.45) is 10.7 Å². The minimum absolute atomic E-state index is 0.0392. The monoisotopic (exact) mass is 419 g/mol. The SMILES string of the molecule is CN(C(=O)OC(C)(C)C)C1CN(C(=O)OCc2ccccc2)C(=NCCN)NC1=O. The fourth-order valence-corrected chi connectivity index (χ4v) is 2.62. The summed E-state index contributed by atoms with van der Waals surface area (Å²) in [7, 11) is 1.44. The Labute approximate surface area is 176 Å². The van der Waals surface area contributed by atoms with E-state index in [4.69, 9.17) is 15.2 Å². The van der Waals surface area contributed by atoms with Crippen LogP contribution in [0.1, 0.15) is 26.3 Å². The predicted molar refractivity (Wildman–Crippen MR) is 111 cm³/mol. The van der Waals surface area contributed by atoms with Crippen molar-refractivity contribution in [2.75, 3.05) is 26.7 Å². The predicted octanol–water partition coefficient (Wildman–Crippen LogP) is 1.31. The molecule has 0 aromatic heterocycles. The molecule has 164 valence electrons. The Morgan fingerprint density at radius 2 is 1.97 bits per heavy atom. The van der Waals surface area contributed by atoms with Crippen molar-refractivity contribution in [1.82, 2.24) is 15.1 Å². The van der Waals surface area contributed by atoms with Crippen LogP contribution in [0.4, 0.5) is 9.59 Å². The molecule has 1 heterocycles. The van der Waals surface area contributed by atoms with E-state index in [-0.39, 0.29) is 32.2 Å². The van der Waals surface area contributed by atoms with Crippen molar-refractivity contribution in [3.05, 3.63) is 35.9 Å². The first kappa shape index (κ1) is 23.1. The van der Waals surface area contributed by atoms with E-state index in [9.17, 15) is 14.4 Å².